The summed E-state index contributed by atoms with van der Waals surface area (Å²) in [4.78, 5) is 32.8. The van der Waals surface area contributed by atoms with Gasteiger partial charge in [-0.2, -0.15) is 0 Å². The molecule has 11 heteroatoms. The normalized spacial score (nSPS) is 17.5. The summed E-state index contributed by atoms with van der Waals surface area (Å²) in [6.07, 6.45) is 4.67. The molecule has 198 valence electrons. The zero-order valence-corrected chi connectivity index (χ0v) is 21.5. The third kappa shape index (κ3) is 5.08. The van der Waals surface area contributed by atoms with Crippen LogP contribution in [0.15, 0.2) is 70.7 Å². The maximum atomic E-state index is 14.1. The number of benzene rings is 2. The Kier molecular flexibility index (Phi) is 7.33. The summed E-state index contributed by atoms with van der Waals surface area (Å²) < 4.78 is 27.4. The van der Waals surface area contributed by atoms with Gasteiger partial charge in [-0.1, -0.05) is 23.7 Å². The minimum absolute atomic E-state index is 0.221. The largest absolute Gasteiger partial charge is 0.338 e. The molecule has 5 rings (SSSR count). The fourth-order valence-corrected chi connectivity index (χ4v) is 5.01. The van der Waals surface area contributed by atoms with Gasteiger partial charge >= 0.3 is 6.03 Å². The first-order valence-electron chi connectivity index (χ1n) is 12.5. The first kappa shape index (κ1) is 25.7. The zero-order valence-electron chi connectivity index (χ0n) is 20.8. The molecule has 0 aromatic heterocycles. The van der Waals surface area contributed by atoms with Crippen molar-refractivity contribution in [2.75, 3.05) is 31.5 Å². The van der Waals surface area contributed by atoms with Crippen LogP contribution >= 0.6 is 11.6 Å². The zero-order chi connectivity index (χ0) is 26.8. The van der Waals surface area contributed by atoms with Crippen LogP contribution in [0.5, 0.6) is 0 Å². The van der Waals surface area contributed by atoms with Gasteiger partial charge in [0.25, 0.3) is 5.91 Å². The van der Waals surface area contributed by atoms with E-state index in [0.29, 0.717) is 25.5 Å². The number of nitrogens with one attached hydrogen (secondary N) is 2. The highest BCUT2D eigenvalue weighted by molar-refractivity contribution is 6.33. The summed E-state index contributed by atoms with van der Waals surface area (Å²) in [6.45, 7) is 3.45. The monoisotopic (exact) mass is 540 g/mol. The van der Waals surface area contributed by atoms with Crippen LogP contribution in [-0.2, 0) is 4.79 Å². The molecule has 3 amide bonds. The number of hydrogen-bond donors (Lipinski definition) is 2. The second-order valence-electron chi connectivity index (χ2n) is 9.18. The number of piperidine rings is 1. The first-order valence-corrected chi connectivity index (χ1v) is 12.8. The lowest BCUT2D eigenvalue weighted by molar-refractivity contribution is -0.127. The van der Waals surface area contributed by atoms with Gasteiger partial charge in [0.2, 0.25) is 0 Å². The smallest absolute Gasteiger partial charge is 0.336 e. The molecule has 2 N–H and O–H groups in total. The van der Waals surface area contributed by atoms with Crippen LogP contribution in [0.1, 0.15) is 31.2 Å². The number of nitrogens with zero attached hydrogens (tertiary/aromatic N) is 4. The first-order chi connectivity index (χ1) is 18.4. The SMILES string of the molecule is CCNC(=O)N1CC=C2N=CC(C(=O)N3CCC(c4ccc(F)cc4)CC3)=C(Nc3cc(F)ccc3Cl)N21. The van der Waals surface area contributed by atoms with Crippen LogP contribution in [0, 0.1) is 11.6 Å². The average molecular weight is 541 g/mol. The van der Waals surface area contributed by atoms with E-state index in [4.69, 9.17) is 11.6 Å². The number of aliphatic imine (C=N–C) groups is 1. The van der Waals surface area contributed by atoms with Crippen molar-refractivity contribution >= 4 is 35.4 Å². The van der Waals surface area contributed by atoms with Gasteiger partial charge in [-0.15, -0.1) is 0 Å². The highest BCUT2D eigenvalue weighted by Gasteiger charge is 2.38. The average Bonchev–Trinajstić information content (AvgIpc) is 3.36. The number of halogens is 3. The lowest BCUT2D eigenvalue weighted by Crippen LogP contribution is -2.50. The van der Waals surface area contributed by atoms with E-state index in [2.05, 4.69) is 15.6 Å². The molecule has 8 nitrogen and oxygen atoms in total. The molecule has 0 spiro atoms. The summed E-state index contributed by atoms with van der Waals surface area (Å²) in [6, 6.07) is 10.00. The molecule has 2 aromatic rings. The van der Waals surface area contributed by atoms with Gasteiger partial charge in [0, 0.05) is 25.8 Å². The number of amides is 3. The van der Waals surface area contributed by atoms with E-state index < -0.39 is 5.82 Å². The number of likely N-dealkylation sites (tertiary alicyclic amines) is 1. The maximum Gasteiger partial charge on any atom is 0.336 e. The van der Waals surface area contributed by atoms with Crippen LogP contribution in [-0.4, -0.2) is 59.2 Å². The third-order valence-electron chi connectivity index (χ3n) is 6.80. The van der Waals surface area contributed by atoms with E-state index in [0.717, 1.165) is 18.4 Å². The Morgan fingerprint density at radius 2 is 1.79 bits per heavy atom. The van der Waals surface area contributed by atoms with Gasteiger partial charge in [0.1, 0.15) is 23.0 Å². The van der Waals surface area contributed by atoms with E-state index in [9.17, 15) is 18.4 Å². The van der Waals surface area contributed by atoms with E-state index in [1.807, 2.05) is 6.92 Å². The van der Waals surface area contributed by atoms with Crippen LogP contribution < -0.4 is 10.6 Å². The quantitative estimate of drug-likeness (QED) is 0.569. The summed E-state index contributed by atoms with van der Waals surface area (Å²) in [5, 5.41) is 9.04. The van der Waals surface area contributed by atoms with Crippen molar-refractivity contribution in [3.05, 3.63) is 88.0 Å². The van der Waals surface area contributed by atoms with E-state index in [1.165, 1.54) is 46.6 Å². The van der Waals surface area contributed by atoms with Gasteiger partial charge < -0.3 is 15.5 Å². The Morgan fingerprint density at radius 1 is 1.08 bits per heavy atom. The number of carbonyl (C=O) groups excluding carboxylic acids is 2. The molecule has 0 radical (unpaired) electrons. The molecule has 0 saturated carbocycles. The van der Waals surface area contributed by atoms with Gasteiger partial charge in [-0.3, -0.25) is 4.79 Å². The van der Waals surface area contributed by atoms with Crippen molar-refractivity contribution in [3.8, 4) is 0 Å². The lowest BCUT2D eigenvalue weighted by Gasteiger charge is -2.37. The minimum Gasteiger partial charge on any atom is -0.338 e. The molecule has 2 aromatic carbocycles. The van der Waals surface area contributed by atoms with Crippen molar-refractivity contribution in [2.24, 2.45) is 4.99 Å². The molecule has 38 heavy (non-hydrogen) atoms. The minimum atomic E-state index is -0.504. The molecular weight excluding hydrogens is 514 g/mol. The standard InChI is InChI=1S/C27H27ClF2N6O2/c1-2-31-27(38)35-14-11-24-32-16-21(25(36(24)35)33-23-15-20(30)7-8-22(23)28)26(37)34-12-9-18(10-13-34)17-3-5-19(29)6-4-17/h3-8,11,15-16,18,33H,2,9-10,12-14H2,1H3,(H,31,38). The summed E-state index contributed by atoms with van der Waals surface area (Å²) >= 11 is 6.34. The van der Waals surface area contributed by atoms with Crippen LogP contribution in [0.4, 0.5) is 19.3 Å². The Bertz CT molecular complexity index is 1340. The lowest BCUT2D eigenvalue weighted by atomic mass is 9.89. The molecule has 0 unspecified atom stereocenters. The molecular formula is C27H27ClF2N6O2. The molecule has 3 aliphatic heterocycles. The highest BCUT2D eigenvalue weighted by atomic mass is 35.5. The number of anilines is 1. The maximum absolute atomic E-state index is 14.1. The predicted molar refractivity (Wildman–Crippen MR) is 141 cm³/mol. The molecule has 0 atom stereocenters. The number of rotatable bonds is 5. The predicted octanol–water partition coefficient (Wildman–Crippen LogP) is 4.84. The number of urea groups is 1. The fraction of sp³-hybridized carbons (Fsp3) is 0.296. The van der Waals surface area contributed by atoms with Gasteiger partial charge in [0.15, 0.2) is 5.82 Å². The van der Waals surface area contributed by atoms with Crippen LogP contribution in [0.3, 0.4) is 0 Å². The number of hydrazine groups is 1. The second kappa shape index (κ2) is 10.8. The molecule has 1 fully saturated rings. The summed E-state index contributed by atoms with van der Waals surface area (Å²) in [7, 11) is 0. The van der Waals surface area contributed by atoms with Crippen molar-refractivity contribution in [3.63, 3.8) is 0 Å². The molecule has 3 heterocycles. The van der Waals surface area contributed by atoms with Gasteiger partial charge in [-0.05, 0) is 67.7 Å². The van der Waals surface area contributed by atoms with Crippen molar-refractivity contribution < 1.29 is 18.4 Å². The summed E-state index contributed by atoms with van der Waals surface area (Å²) in [5.41, 5.74) is 1.52. The van der Waals surface area contributed by atoms with Crippen molar-refractivity contribution in [1.29, 1.82) is 0 Å². The topological polar surface area (TPSA) is 80.3 Å². The highest BCUT2D eigenvalue weighted by Crippen LogP contribution is 2.34. The Morgan fingerprint density at radius 3 is 2.50 bits per heavy atom. The van der Waals surface area contributed by atoms with E-state index in [1.54, 1.807) is 23.1 Å². The number of carbonyl (C=O) groups is 2. The number of fused-ring (bicyclic) bond motifs is 1. The number of hydrogen-bond acceptors (Lipinski definition) is 5. The van der Waals surface area contributed by atoms with Gasteiger partial charge in [0.05, 0.1) is 17.3 Å². The van der Waals surface area contributed by atoms with Gasteiger partial charge in [-0.25, -0.2) is 28.6 Å². The Hall–Kier alpha value is -3.92. The summed E-state index contributed by atoms with van der Waals surface area (Å²) in [5.74, 6) is -0.122. The molecule has 0 bridgehead atoms. The Balaban J connectivity index is 1.44. The van der Waals surface area contributed by atoms with Crippen molar-refractivity contribution in [2.45, 2.75) is 25.7 Å². The molecule has 0 aliphatic carbocycles. The van der Waals surface area contributed by atoms with Crippen molar-refractivity contribution in [1.82, 2.24) is 20.2 Å². The molecule has 1 saturated heterocycles. The second-order valence-corrected chi connectivity index (χ2v) is 9.59. The van der Waals surface area contributed by atoms with E-state index in [-0.39, 0.29) is 52.3 Å². The van der Waals surface area contributed by atoms with Crippen LogP contribution in [0.2, 0.25) is 5.02 Å². The van der Waals surface area contributed by atoms with Crippen LogP contribution in [0.25, 0.3) is 0 Å². The Labute approximate surface area is 224 Å². The van der Waals surface area contributed by atoms with E-state index >= 15 is 0 Å². The fourth-order valence-electron chi connectivity index (χ4n) is 4.84. The third-order valence-corrected chi connectivity index (χ3v) is 7.13. The molecule has 3 aliphatic rings.